The van der Waals surface area contributed by atoms with E-state index >= 15 is 0 Å². The van der Waals surface area contributed by atoms with Crippen LogP contribution in [-0.4, -0.2) is 65.8 Å². The fraction of sp³-hybridized carbons (Fsp3) is 0.455. The lowest BCUT2D eigenvalue weighted by atomic mass is 9.92. The van der Waals surface area contributed by atoms with E-state index in [2.05, 4.69) is 0 Å². The minimum absolute atomic E-state index is 0.0190. The van der Waals surface area contributed by atoms with E-state index in [1.807, 2.05) is 0 Å². The van der Waals surface area contributed by atoms with E-state index in [4.69, 9.17) is 9.15 Å². The number of nitrogens with zero attached hydrogens (tertiary/aromatic N) is 2. The van der Waals surface area contributed by atoms with E-state index in [9.17, 15) is 24.3 Å². The van der Waals surface area contributed by atoms with Gasteiger partial charge in [0.15, 0.2) is 23.4 Å². The van der Waals surface area contributed by atoms with Gasteiger partial charge in [-0.2, -0.15) is 0 Å². The first-order valence-corrected chi connectivity index (χ1v) is 10.3. The summed E-state index contributed by atoms with van der Waals surface area (Å²) >= 11 is 0. The predicted molar refractivity (Wildman–Crippen MR) is 111 cm³/mol. The summed E-state index contributed by atoms with van der Waals surface area (Å²) in [6.45, 7) is 5.36. The van der Waals surface area contributed by atoms with Crippen molar-refractivity contribution in [2.75, 3.05) is 32.8 Å². The smallest absolute Gasteiger partial charge is 0.340 e. The number of amides is 2. The van der Waals surface area contributed by atoms with Gasteiger partial charge < -0.3 is 24.1 Å². The summed E-state index contributed by atoms with van der Waals surface area (Å²) in [4.78, 5) is 52.0. The number of carbonyl (C=O) groups is 3. The average molecular weight is 428 g/mol. The number of ether oxygens (including phenoxy) is 1. The largest absolute Gasteiger partial charge is 0.504 e. The summed E-state index contributed by atoms with van der Waals surface area (Å²) in [5, 5.41) is 11.0. The Balaban J connectivity index is 1.73. The Bertz CT molecular complexity index is 1140. The number of aryl methyl sites for hydroxylation is 2. The van der Waals surface area contributed by atoms with Crippen molar-refractivity contribution in [3.8, 4) is 11.5 Å². The van der Waals surface area contributed by atoms with Crippen molar-refractivity contribution in [1.82, 2.24) is 9.80 Å². The molecule has 0 bridgehead atoms. The highest BCUT2D eigenvalue weighted by molar-refractivity contribution is 6.02. The minimum atomic E-state index is -0.708. The molecule has 0 spiro atoms. The Hall–Kier alpha value is -3.36. The molecule has 9 heteroatoms. The van der Waals surface area contributed by atoms with Crippen LogP contribution in [0.4, 0.5) is 0 Å². The second-order valence-electron chi connectivity index (χ2n) is 7.90. The standard InChI is InChI=1S/C22H24N2O7/c1-12-15(10-17(27)24-7-5-23(6-8-24)13(2)26)22(29)31-20-16(11-25)19(28)21-14(18(12)20)4-3-9-30-21/h11,28H,3-10H2,1-2H3. The Morgan fingerprint density at radius 1 is 1.16 bits per heavy atom. The number of rotatable bonds is 3. The molecule has 0 saturated carbocycles. The molecule has 2 amide bonds. The SMILES string of the molecule is CC(=O)N1CCN(C(=O)Cc2c(C)c3c4c(c(O)c(C=O)c3oc2=O)OCCC4)CC1. The van der Waals surface area contributed by atoms with Crippen molar-refractivity contribution >= 4 is 29.1 Å². The molecule has 0 radical (unpaired) electrons. The molecule has 1 saturated heterocycles. The highest BCUT2D eigenvalue weighted by atomic mass is 16.5. The molecule has 2 aromatic rings. The highest BCUT2D eigenvalue weighted by Crippen LogP contribution is 2.43. The van der Waals surface area contributed by atoms with E-state index in [0.717, 1.165) is 6.42 Å². The Labute approximate surface area is 178 Å². The van der Waals surface area contributed by atoms with Crippen LogP contribution in [0.2, 0.25) is 0 Å². The lowest BCUT2D eigenvalue weighted by Crippen LogP contribution is -2.50. The van der Waals surface area contributed by atoms with Gasteiger partial charge in [-0.15, -0.1) is 0 Å². The Kier molecular flexibility index (Phi) is 5.43. The van der Waals surface area contributed by atoms with Gasteiger partial charge >= 0.3 is 5.63 Å². The zero-order valence-electron chi connectivity index (χ0n) is 17.5. The van der Waals surface area contributed by atoms with E-state index < -0.39 is 5.63 Å². The van der Waals surface area contributed by atoms with Crippen molar-refractivity contribution in [2.45, 2.75) is 33.1 Å². The quantitative estimate of drug-likeness (QED) is 0.576. The third kappa shape index (κ3) is 3.54. The van der Waals surface area contributed by atoms with Crippen LogP contribution in [0.5, 0.6) is 11.5 Å². The van der Waals surface area contributed by atoms with E-state index in [1.54, 1.807) is 16.7 Å². The first-order valence-electron chi connectivity index (χ1n) is 10.3. The number of hydrogen-bond donors (Lipinski definition) is 1. The molecular weight excluding hydrogens is 404 g/mol. The second-order valence-corrected chi connectivity index (χ2v) is 7.90. The van der Waals surface area contributed by atoms with Crippen LogP contribution in [0.1, 0.15) is 40.4 Å². The van der Waals surface area contributed by atoms with Crippen molar-refractivity contribution in [1.29, 1.82) is 0 Å². The lowest BCUT2D eigenvalue weighted by Gasteiger charge is -2.34. The van der Waals surface area contributed by atoms with E-state index in [1.165, 1.54) is 6.92 Å². The third-order valence-electron chi connectivity index (χ3n) is 6.13. The van der Waals surface area contributed by atoms with Gasteiger partial charge in [0.1, 0.15) is 5.56 Å². The van der Waals surface area contributed by atoms with Gasteiger partial charge in [-0.1, -0.05) is 0 Å². The number of piperazine rings is 1. The number of phenolic OH excluding ortho intramolecular Hbond substituents is 1. The Morgan fingerprint density at radius 2 is 1.84 bits per heavy atom. The fourth-order valence-electron chi connectivity index (χ4n) is 4.38. The van der Waals surface area contributed by atoms with Crippen LogP contribution in [0, 0.1) is 6.92 Å². The van der Waals surface area contributed by atoms with Crippen LogP contribution in [-0.2, 0) is 22.4 Å². The maximum absolute atomic E-state index is 12.9. The number of phenols is 1. The van der Waals surface area contributed by atoms with Gasteiger partial charge in [-0.05, 0) is 25.3 Å². The Morgan fingerprint density at radius 3 is 2.48 bits per heavy atom. The van der Waals surface area contributed by atoms with Gasteiger partial charge in [0.2, 0.25) is 11.8 Å². The molecule has 0 unspecified atom stereocenters. The van der Waals surface area contributed by atoms with Gasteiger partial charge in [0.05, 0.1) is 18.6 Å². The van der Waals surface area contributed by atoms with Crippen LogP contribution < -0.4 is 10.4 Å². The number of benzene rings is 1. The summed E-state index contributed by atoms with van der Waals surface area (Å²) in [5.41, 5.74) is 0.627. The molecular formula is C22H24N2O7. The van der Waals surface area contributed by atoms with Gasteiger partial charge in [0, 0.05) is 44.1 Å². The summed E-state index contributed by atoms with van der Waals surface area (Å²) < 4.78 is 11.1. The second kappa shape index (κ2) is 8.05. The molecule has 0 atom stereocenters. The zero-order chi connectivity index (χ0) is 22.3. The predicted octanol–water partition coefficient (Wildman–Crippen LogP) is 1.18. The van der Waals surface area contributed by atoms with E-state index in [0.29, 0.717) is 62.0 Å². The number of hydrogen-bond acceptors (Lipinski definition) is 7. The molecule has 31 heavy (non-hydrogen) atoms. The van der Waals surface area contributed by atoms with Gasteiger partial charge in [-0.3, -0.25) is 14.4 Å². The normalized spacial score (nSPS) is 16.1. The van der Waals surface area contributed by atoms with Crippen LogP contribution in [0.25, 0.3) is 11.0 Å². The maximum atomic E-state index is 12.9. The molecule has 164 valence electrons. The van der Waals surface area contributed by atoms with Crippen LogP contribution in [0.3, 0.4) is 0 Å². The molecule has 2 aliphatic heterocycles. The summed E-state index contributed by atoms with van der Waals surface area (Å²) in [6, 6.07) is 0. The molecule has 9 nitrogen and oxygen atoms in total. The van der Waals surface area contributed by atoms with Crippen molar-refractivity contribution in [3.63, 3.8) is 0 Å². The molecule has 1 N–H and O–H groups in total. The zero-order valence-corrected chi connectivity index (χ0v) is 17.5. The third-order valence-corrected chi connectivity index (χ3v) is 6.13. The molecule has 4 rings (SSSR count). The molecule has 2 aliphatic rings. The lowest BCUT2D eigenvalue weighted by molar-refractivity contribution is -0.138. The fourth-order valence-corrected chi connectivity index (χ4v) is 4.38. The van der Waals surface area contributed by atoms with Crippen molar-refractivity contribution < 1.29 is 28.6 Å². The summed E-state index contributed by atoms with van der Waals surface area (Å²) in [5.74, 6) is -0.348. The van der Waals surface area contributed by atoms with Gasteiger partial charge in [0.25, 0.3) is 0 Å². The molecule has 1 aromatic heterocycles. The number of aromatic hydroxyl groups is 1. The topological polar surface area (TPSA) is 117 Å². The minimum Gasteiger partial charge on any atom is -0.504 e. The number of aldehydes is 1. The molecule has 3 heterocycles. The molecule has 1 fully saturated rings. The first kappa shape index (κ1) is 20.9. The number of carbonyl (C=O) groups excluding carboxylic acids is 3. The summed E-state index contributed by atoms with van der Waals surface area (Å²) in [7, 11) is 0. The number of fused-ring (bicyclic) bond motifs is 3. The molecule has 0 aliphatic carbocycles. The van der Waals surface area contributed by atoms with Crippen molar-refractivity contribution in [3.05, 3.63) is 32.7 Å². The monoisotopic (exact) mass is 428 g/mol. The average Bonchev–Trinajstić information content (AvgIpc) is 2.76. The maximum Gasteiger partial charge on any atom is 0.340 e. The van der Waals surface area contributed by atoms with Gasteiger partial charge in [-0.25, -0.2) is 4.79 Å². The highest BCUT2D eigenvalue weighted by Gasteiger charge is 2.29. The summed E-state index contributed by atoms with van der Waals surface area (Å²) in [6.07, 6.45) is 1.61. The molecule has 1 aromatic carbocycles. The van der Waals surface area contributed by atoms with Crippen LogP contribution in [0.15, 0.2) is 9.21 Å². The van der Waals surface area contributed by atoms with E-state index in [-0.39, 0.29) is 46.4 Å². The van der Waals surface area contributed by atoms with Crippen molar-refractivity contribution in [2.24, 2.45) is 0 Å². The first-order chi connectivity index (χ1) is 14.8. The van der Waals surface area contributed by atoms with Crippen LogP contribution >= 0.6 is 0 Å².